The normalized spacial score (nSPS) is 13.0. The Morgan fingerprint density at radius 3 is 2.32 bits per heavy atom. The maximum absolute atomic E-state index is 12.4. The quantitative estimate of drug-likeness (QED) is 0.780. The van der Waals surface area contributed by atoms with Gasteiger partial charge in [0.1, 0.15) is 0 Å². The summed E-state index contributed by atoms with van der Waals surface area (Å²) in [6.07, 6.45) is 0.138. The number of hydrogen-bond donors (Lipinski definition) is 2. The first-order chi connectivity index (χ1) is 11.9. The molecule has 0 fully saturated rings. The van der Waals surface area contributed by atoms with Crippen LogP contribution in [0, 0.1) is 0 Å². The number of halogens is 2. The zero-order chi connectivity index (χ0) is 18.4. The maximum atomic E-state index is 12.4. The van der Waals surface area contributed by atoms with Gasteiger partial charge in [0.05, 0.1) is 18.5 Å². The number of rotatable bonds is 6. The van der Waals surface area contributed by atoms with E-state index in [1.165, 1.54) is 6.92 Å². The summed E-state index contributed by atoms with van der Waals surface area (Å²) in [5.41, 5.74) is 1.67. The first-order valence-electron chi connectivity index (χ1n) is 7.93. The van der Waals surface area contributed by atoms with Crippen molar-refractivity contribution in [2.45, 2.75) is 32.4 Å². The SMILES string of the molecule is CC(=O)N[C@H](CC(=O)N[C@H](C)c1ccc(Cl)cc1Cl)c1ccccc1. The molecule has 0 aliphatic heterocycles. The molecular formula is C19H20Cl2N2O2. The summed E-state index contributed by atoms with van der Waals surface area (Å²) in [5, 5.41) is 6.77. The maximum Gasteiger partial charge on any atom is 0.222 e. The van der Waals surface area contributed by atoms with E-state index in [-0.39, 0.29) is 30.3 Å². The van der Waals surface area contributed by atoms with Crippen LogP contribution >= 0.6 is 23.2 Å². The van der Waals surface area contributed by atoms with E-state index in [0.29, 0.717) is 10.0 Å². The van der Waals surface area contributed by atoms with Gasteiger partial charge in [-0.05, 0) is 30.2 Å². The van der Waals surface area contributed by atoms with Gasteiger partial charge in [0.2, 0.25) is 11.8 Å². The van der Waals surface area contributed by atoms with Gasteiger partial charge in [-0.1, -0.05) is 59.6 Å². The Kier molecular flexibility index (Phi) is 6.85. The Hall–Kier alpha value is -2.04. The van der Waals surface area contributed by atoms with E-state index in [2.05, 4.69) is 10.6 Å². The predicted octanol–water partition coefficient (Wildman–Crippen LogP) is 4.44. The summed E-state index contributed by atoms with van der Waals surface area (Å²) in [5.74, 6) is -0.364. The lowest BCUT2D eigenvalue weighted by Crippen LogP contribution is -2.33. The number of nitrogens with one attached hydrogen (secondary N) is 2. The number of hydrogen-bond acceptors (Lipinski definition) is 2. The highest BCUT2D eigenvalue weighted by atomic mass is 35.5. The fourth-order valence-electron chi connectivity index (χ4n) is 2.60. The molecule has 25 heavy (non-hydrogen) atoms. The van der Waals surface area contributed by atoms with Gasteiger partial charge in [0, 0.05) is 17.0 Å². The molecule has 0 spiro atoms. The molecule has 0 saturated heterocycles. The van der Waals surface area contributed by atoms with Crippen molar-refractivity contribution in [2.75, 3.05) is 0 Å². The molecule has 0 saturated carbocycles. The highest BCUT2D eigenvalue weighted by Gasteiger charge is 2.19. The van der Waals surface area contributed by atoms with Crippen molar-refractivity contribution in [3.63, 3.8) is 0 Å². The summed E-state index contributed by atoms with van der Waals surface area (Å²) in [7, 11) is 0. The zero-order valence-electron chi connectivity index (χ0n) is 14.1. The Balaban J connectivity index is 2.06. The second kappa shape index (κ2) is 8.88. The third-order valence-electron chi connectivity index (χ3n) is 3.78. The highest BCUT2D eigenvalue weighted by Crippen LogP contribution is 2.26. The molecule has 132 valence electrons. The first kappa shape index (κ1) is 19.3. The van der Waals surface area contributed by atoms with Crippen LogP contribution in [0.25, 0.3) is 0 Å². The van der Waals surface area contributed by atoms with Crippen LogP contribution in [0.1, 0.15) is 43.5 Å². The van der Waals surface area contributed by atoms with E-state index < -0.39 is 0 Å². The molecule has 6 heteroatoms. The fourth-order valence-corrected chi connectivity index (χ4v) is 3.17. The second-order valence-corrected chi connectivity index (χ2v) is 6.67. The predicted molar refractivity (Wildman–Crippen MR) is 101 cm³/mol. The van der Waals surface area contributed by atoms with E-state index in [0.717, 1.165) is 11.1 Å². The van der Waals surface area contributed by atoms with E-state index in [9.17, 15) is 9.59 Å². The molecule has 0 aliphatic carbocycles. The van der Waals surface area contributed by atoms with Gasteiger partial charge in [-0.2, -0.15) is 0 Å². The molecule has 0 unspecified atom stereocenters. The molecule has 2 amide bonds. The number of benzene rings is 2. The number of carbonyl (C=O) groups excluding carboxylic acids is 2. The minimum absolute atomic E-state index is 0.138. The average molecular weight is 379 g/mol. The molecule has 0 bridgehead atoms. The molecule has 0 heterocycles. The van der Waals surface area contributed by atoms with Crippen LogP contribution < -0.4 is 10.6 Å². The zero-order valence-corrected chi connectivity index (χ0v) is 15.6. The molecule has 2 rings (SSSR count). The van der Waals surface area contributed by atoms with Gasteiger partial charge in [-0.3, -0.25) is 9.59 Å². The third kappa shape index (κ3) is 5.76. The van der Waals surface area contributed by atoms with Gasteiger partial charge >= 0.3 is 0 Å². The number of amides is 2. The summed E-state index contributed by atoms with van der Waals surface area (Å²) in [4.78, 5) is 23.9. The second-order valence-electron chi connectivity index (χ2n) is 5.82. The molecule has 4 nitrogen and oxygen atoms in total. The third-order valence-corrected chi connectivity index (χ3v) is 4.34. The topological polar surface area (TPSA) is 58.2 Å². The van der Waals surface area contributed by atoms with E-state index >= 15 is 0 Å². The summed E-state index contributed by atoms with van der Waals surface area (Å²) in [6, 6.07) is 13.9. The van der Waals surface area contributed by atoms with Crippen molar-refractivity contribution in [3.05, 3.63) is 69.7 Å². The van der Waals surface area contributed by atoms with Crippen LogP contribution in [-0.4, -0.2) is 11.8 Å². The molecule has 0 aromatic heterocycles. The van der Waals surface area contributed by atoms with Crippen molar-refractivity contribution in [1.29, 1.82) is 0 Å². The lowest BCUT2D eigenvalue weighted by molar-refractivity contribution is -0.123. The lowest BCUT2D eigenvalue weighted by Gasteiger charge is -2.21. The Bertz CT molecular complexity index is 750. The largest absolute Gasteiger partial charge is 0.349 e. The Morgan fingerprint density at radius 2 is 1.72 bits per heavy atom. The summed E-state index contributed by atoms with van der Waals surface area (Å²) >= 11 is 12.1. The molecule has 2 aromatic carbocycles. The van der Waals surface area contributed by atoms with Gasteiger partial charge in [0.25, 0.3) is 0 Å². The van der Waals surface area contributed by atoms with E-state index in [1.807, 2.05) is 37.3 Å². The van der Waals surface area contributed by atoms with Crippen molar-refractivity contribution in [2.24, 2.45) is 0 Å². The molecule has 2 N–H and O–H groups in total. The van der Waals surface area contributed by atoms with E-state index in [1.54, 1.807) is 18.2 Å². The van der Waals surface area contributed by atoms with Crippen LogP contribution in [0.5, 0.6) is 0 Å². The average Bonchev–Trinajstić information content (AvgIpc) is 2.54. The Labute approximate surface area is 157 Å². The van der Waals surface area contributed by atoms with Crippen molar-refractivity contribution >= 4 is 35.0 Å². The number of carbonyl (C=O) groups is 2. The van der Waals surface area contributed by atoms with Gasteiger partial charge in [-0.15, -0.1) is 0 Å². The van der Waals surface area contributed by atoms with Crippen LogP contribution in [0.15, 0.2) is 48.5 Å². The molecular weight excluding hydrogens is 359 g/mol. The van der Waals surface area contributed by atoms with Crippen LogP contribution in [0.4, 0.5) is 0 Å². The standard InChI is InChI=1S/C19H20Cl2N2O2/c1-12(16-9-8-15(20)10-17(16)21)22-19(25)11-18(23-13(2)24)14-6-4-3-5-7-14/h3-10,12,18H,11H2,1-2H3,(H,22,25)(H,23,24)/t12-,18-/m1/s1. The molecule has 2 atom stereocenters. The summed E-state index contributed by atoms with van der Waals surface area (Å²) < 4.78 is 0. The molecule has 2 aromatic rings. The van der Waals surface area contributed by atoms with Gasteiger partial charge < -0.3 is 10.6 Å². The molecule has 0 aliphatic rings. The van der Waals surface area contributed by atoms with Crippen molar-refractivity contribution in [3.8, 4) is 0 Å². The lowest BCUT2D eigenvalue weighted by atomic mass is 10.0. The van der Waals surface area contributed by atoms with Crippen LogP contribution in [-0.2, 0) is 9.59 Å². The highest BCUT2D eigenvalue weighted by molar-refractivity contribution is 6.35. The van der Waals surface area contributed by atoms with Crippen molar-refractivity contribution < 1.29 is 9.59 Å². The van der Waals surface area contributed by atoms with Crippen LogP contribution in [0.2, 0.25) is 10.0 Å². The van der Waals surface area contributed by atoms with Crippen molar-refractivity contribution in [1.82, 2.24) is 10.6 Å². The molecule has 0 radical (unpaired) electrons. The minimum atomic E-state index is -0.383. The van der Waals surface area contributed by atoms with E-state index in [4.69, 9.17) is 23.2 Å². The van der Waals surface area contributed by atoms with Gasteiger partial charge in [0.15, 0.2) is 0 Å². The van der Waals surface area contributed by atoms with Gasteiger partial charge in [-0.25, -0.2) is 0 Å². The fraction of sp³-hybridized carbons (Fsp3) is 0.263. The minimum Gasteiger partial charge on any atom is -0.349 e. The van der Waals surface area contributed by atoms with Crippen LogP contribution in [0.3, 0.4) is 0 Å². The summed E-state index contributed by atoms with van der Waals surface area (Å²) in [6.45, 7) is 3.28. The monoisotopic (exact) mass is 378 g/mol. The smallest absolute Gasteiger partial charge is 0.222 e. The first-order valence-corrected chi connectivity index (χ1v) is 8.68. The Morgan fingerprint density at radius 1 is 1.04 bits per heavy atom.